The number of nitrogens with one attached hydrogen (secondary N) is 1. The zero-order chi connectivity index (χ0) is 12.5. The first-order chi connectivity index (χ1) is 8.30. The molecule has 1 aromatic carbocycles. The van der Waals surface area contributed by atoms with E-state index in [4.69, 9.17) is 20.5 Å². The van der Waals surface area contributed by atoms with Gasteiger partial charge in [-0.15, -0.1) is 0 Å². The van der Waals surface area contributed by atoms with Gasteiger partial charge in [-0.25, -0.2) is 0 Å². The van der Waals surface area contributed by atoms with Gasteiger partial charge in [-0.3, -0.25) is 0 Å². The molecule has 0 bridgehead atoms. The van der Waals surface area contributed by atoms with Crippen LogP contribution in [0.1, 0.15) is 0 Å². The van der Waals surface area contributed by atoms with Crippen LogP contribution in [-0.4, -0.2) is 6.61 Å². The molecule has 1 aromatic rings. The van der Waals surface area contributed by atoms with Crippen molar-refractivity contribution >= 4 is 5.69 Å². The fourth-order valence-corrected chi connectivity index (χ4v) is 1.04. The largest absolute Gasteiger partial charge is 0.479 e. The summed E-state index contributed by atoms with van der Waals surface area (Å²) in [5.41, 5.74) is 0.650. The van der Waals surface area contributed by atoms with E-state index in [0.717, 1.165) is 0 Å². The Morgan fingerprint density at radius 1 is 1.29 bits per heavy atom. The second-order valence-corrected chi connectivity index (χ2v) is 2.90. The predicted octanol–water partition coefficient (Wildman–Crippen LogP) is 1.93. The third-order valence-corrected chi connectivity index (χ3v) is 1.76. The molecule has 0 aliphatic rings. The Hall–Kier alpha value is -2.97. The van der Waals surface area contributed by atoms with E-state index >= 15 is 0 Å². The van der Waals surface area contributed by atoms with Crippen LogP contribution in [0, 0.1) is 34.0 Å². The SMILES string of the molecule is N#CCOc1cccc(NC=C(C#N)C#N)c1. The van der Waals surface area contributed by atoms with Crippen molar-refractivity contribution in [2.75, 3.05) is 11.9 Å². The Balaban J connectivity index is 2.74. The van der Waals surface area contributed by atoms with Crippen LogP contribution in [-0.2, 0) is 0 Å². The third-order valence-electron chi connectivity index (χ3n) is 1.76. The minimum absolute atomic E-state index is 0.0200. The van der Waals surface area contributed by atoms with Crippen LogP contribution in [0.3, 0.4) is 0 Å². The molecule has 82 valence electrons. The second kappa shape index (κ2) is 6.50. The van der Waals surface area contributed by atoms with Gasteiger partial charge in [0, 0.05) is 18.0 Å². The van der Waals surface area contributed by atoms with Crippen molar-refractivity contribution in [2.24, 2.45) is 0 Å². The first-order valence-electron chi connectivity index (χ1n) is 4.67. The molecule has 1 rings (SSSR count). The molecule has 1 N–H and O–H groups in total. The predicted molar refractivity (Wildman–Crippen MR) is 60.5 cm³/mol. The van der Waals surface area contributed by atoms with E-state index in [1.807, 2.05) is 6.07 Å². The van der Waals surface area contributed by atoms with Crippen LogP contribution in [0.5, 0.6) is 5.75 Å². The molecule has 0 aromatic heterocycles. The number of benzene rings is 1. The first-order valence-corrected chi connectivity index (χ1v) is 4.67. The lowest BCUT2D eigenvalue weighted by Crippen LogP contribution is -1.95. The summed E-state index contributed by atoms with van der Waals surface area (Å²) >= 11 is 0. The summed E-state index contributed by atoms with van der Waals surface area (Å²) < 4.78 is 5.10. The molecule has 17 heavy (non-hydrogen) atoms. The number of hydrogen-bond acceptors (Lipinski definition) is 5. The van der Waals surface area contributed by atoms with E-state index < -0.39 is 0 Å². The summed E-state index contributed by atoms with van der Waals surface area (Å²) in [5.74, 6) is 0.542. The lowest BCUT2D eigenvalue weighted by atomic mass is 10.3. The highest BCUT2D eigenvalue weighted by Crippen LogP contribution is 2.17. The van der Waals surface area contributed by atoms with Gasteiger partial charge in [0.05, 0.1) is 0 Å². The molecule has 0 unspecified atom stereocenters. The van der Waals surface area contributed by atoms with Crippen molar-refractivity contribution < 1.29 is 4.74 Å². The van der Waals surface area contributed by atoms with E-state index in [-0.39, 0.29) is 12.2 Å². The van der Waals surface area contributed by atoms with E-state index in [9.17, 15) is 0 Å². The molecule has 0 amide bonds. The molecule has 0 fully saturated rings. The fourth-order valence-electron chi connectivity index (χ4n) is 1.04. The lowest BCUT2D eigenvalue weighted by molar-refractivity contribution is 0.368. The van der Waals surface area contributed by atoms with Crippen molar-refractivity contribution in [1.82, 2.24) is 0 Å². The number of nitrogens with zero attached hydrogens (tertiary/aromatic N) is 3. The molecule has 0 radical (unpaired) electrons. The highest BCUT2D eigenvalue weighted by molar-refractivity contribution is 5.52. The maximum atomic E-state index is 8.53. The average Bonchev–Trinajstić information content (AvgIpc) is 2.38. The number of ether oxygens (including phenoxy) is 1. The second-order valence-electron chi connectivity index (χ2n) is 2.90. The summed E-state index contributed by atoms with van der Waals surface area (Å²) in [6.45, 7) is -0.0269. The maximum absolute atomic E-state index is 8.53. The van der Waals surface area contributed by atoms with Crippen LogP contribution in [0.25, 0.3) is 0 Å². The van der Waals surface area contributed by atoms with Crippen molar-refractivity contribution in [3.05, 3.63) is 36.0 Å². The van der Waals surface area contributed by atoms with Gasteiger partial charge in [-0.05, 0) is 12.1 Å². The normalized spacial score (nSPS) is 8.06. The standard InChI is InChI=1S/C12H8N4O/c13-4-5-17-12-3-1-2-11(6-12)16-9-10(7-14)8-15/h1-3,6,9,16H,5H2. The Bertz CT molecular complexity index is 527. The number of hydrogen-bond donors (Lipinski definition) is 1. The van der Waals surface area contributed by atoms with Gasteiger partial charge in [0.2, 0.25) is 0 Å². The molecule has 5 nitrogen and oxygen atoms in total. The molecule has 0 heterocycles. The third kappa shape index (κ3) is 3.95. The summed E-state index contributed by atoms with van der Waals surface area (Å²) in [7, 11) is 0. The van der Waals surface area contributed by atoms with Crippen LogP contribution in [0.2, 0.25) is 0 Å². The van der Waals surface area contributed by atoms with Crippen LogP contribution in [0.15, 0.2) is 36.0 Å². The van der Waals surface area contributed by atoms with E-state index in [0.29, 0.717) is 11.4 Å². The van der Waals surface area contributed by atoms with Gasteiger partial charge in [-0.2, -0.15) is 15.8 Å². The molecule has 0 atom stereocenters. The van der Waals surface area contributed by atoms with Crippen molar-refractivity contribution in [1.29, 1.82) is 15.8 Å². The van der Waals surface area contributed by atoms with Gasteiger partial charge in [0.1, 0.15) is 29.5 Å². The van der Waals surface area contributed by atoms with Gasteiger partial charge in [0.25, 0.3) is 0 Å². The Labute approximate surface area is 98.8 Å². The van der Waals surface area contributed by atoms with Crippen LogP contribution in [0.4, 0.5) is 5.69 Å². The zero-order valence-corrected chi connectivity index (χ0v) is 8.84. The number of nitriles is 3. The van der Waals surface area contributed by atoms with Gasteiger partial charge >= 0.3 is 0 Å². The molecule has 0 aliphatic carbocycles. The molecular weight excluding hydrogens is 216 g/mol. The minimum atomic E-state index is -0.0269. The summed E-state index contributed by atoms with van der Waals surface area (Å²) in [6.07, 6.45) is 1.31. The van der Waals surface area contributed by atoms with E-state index in [1.54, 1.807) is 36.4 Å². The maximum Gasteiger partial charge on any atom is 0.174 e. The summed E-state index contributed by atoms with van der Waals surface area (Å²) in [5, 5.41) is 28.2. The van der Waals surface area contributed by atoms with E-state index in [1.165, 1.54) is 6.20 Å². The first kappa shape index (κ1) is 12.1. The Morgan fingerprint density at radius 2 is 2.06 bits per heavy atom. The fraction of sp³-hybridized carbons (Fsp3) is 0.0833. The van der Waals surface area contributed by atoms with Crippen molar-refractivity contribution in [2.45, 2.75) is 0 Å². The Morgan fingerprint density at radius 3 is 2.71 bits per heavy atom. The quantitative estimate of drug-likeness (QED) is 0.789. The Kier molecular flexibility index (Phi) is 4.63. The highest BCUT2D eigenvalue weighted by atomic mass is 16.5. The zero-order valence-electron chi connectivity index (χ0n) is 8.84. The minimum Gasteiger partial charge on any atom is -0.479 e. The number of rotatable bonds is 4. The average molecular weight is 224 g/mol. The highest BCUT2D eigenvalue weighted by Gasteiger charge is 1.96. The lowest BCUT2D eigenvalue weighted by Gasteiger charge is -2.04. The van der Waals surface area contributed by atoms with Gasteiger partial charge < -0.3 is 10.1 Å². The van der Waals surface area contributed by atoms with Crippen LogP contribution >= 0.6 is 0 Å². The molecule has 5 heteroatoms. The number of anilines is 1. The van der Waals surface area contributed by atoms with E-state index in [2.05, 4.69) is 5.32 Å². The van der Waals surface area contributed by atoms with Gasteiger partial charge in [-0.1, -0.05) is 6.07 Å². The van der Waals surface area contributed by atoms with Crippen molar-refractivity contribution in [3.8, 4) is 24.0 Å². The summed E-state index contributed by atoms with van der Waals surface area (Å²) in [6, 6.07) is 12.2. The smallest absolute Gasteiger partial charge is 0.174 e. The molecule has 0 saturated carbocycles. The monoisotopic (exact) mass is 224 g/mol. The number of allylic oxidation sites excluding steroid dienone is 1. The molecule has 0 spiro atoms. The molecular formula is C12H8N4O. The van der Waals surface area contributed by atoms with Gasteiger partial charge in [0.15, 0.2) is 6.61 Å². The summed E-state index contributed by atoms with van der Waals surface area (Å²) in [4.78, 5) is 0. The van der Waals surface area contributed by atoms with Crippen molar-refractivity contribution in [3.63, 3.8) is 0 Å². The molecule has 0 aliphatic heterocycles. The van der Waals surface area contributed by atoms with Crippen LogP contribution < -0.4 is 10.1 Å². The topological polar surface area (TPSA) is 92.6 Å². The molecule has 0 saturated heterocycles.